The highest BCUT2D eigenvalue weighted by molar-refractivity contribution is 7.89. The summed E-state index contributed by atoms with van der Waals surface area (Å²) in [6, 6.07) is 3.55. The van der Waals surface area contributed by atoms with Crippen molar-refractivity contribution >= 4 is 33.4 Å². The fourth-order valence-electron chi connectivity index (χ4n) is 3.41. The Balaban J connectivity index is 0.00000210. The van der Waals surface area contributed by atoms with Crippen molar-refractivity contribution < 1.29 is 17.2 Å². The molecule has 0 radical (unpaired) electrons. The Morgan fingerprint density at radius 3 is 2.85 bits per heavy atom. The van der Waals surface area contributed by atoms with Gasteiger partial charge in [-0.3, -0.25) is 0 Å². The number of halogens is 2. The lowest BCUT2D eigenvalue weighted by molar-refractivity contribution is 0.253. The van der Waals surface area contributed by atoms with Crippen LogP contribution >= 0.6 is 12.4 Å². The third-order valence-corrected chi connectivity index (χ3v) is 6.66. The molecule has 1 aromatic carbocycles. The first-order valence-electron chi connectivity index (χ1n) is 8.28. The highest BCUT2D eigenvalue weighted by atomic mass is 35.5. The molecule has 1 N–H and O–H groups in total. The number of sulfonamides is 1. The molecular formula is C17H20ClFN4O3S. The molecule has 0 amide bonds. The number of fused-ring (bicyclic) bond motifs is 1. The first kappa shape index (κ1) is 19.8. The van der Waals surface area contributed by atoms with E-state index in [1.54, 1.807) is 23.9 Å². The highest BCUT2D eigenvalue weighted by Crippen LogP contribution is 2.34. The number of imidazole rings is 1. The Morgan fingerprint density at radius 2 is 2.15 bits per heavy atom. The van der Waals surface area contributed by atoms with E-state index in [-0.39, 0.29) is 17.5 Å². The van der Waals surface area contributed by atoms with Gasteiger partial charge in [0.05, 0.1) is 6.04 Å². The lowest BCUT2D eigenvalue weighted by Crippen LogP contribution is -2.49. The van der Waals surface area contributed by atoms with E-state index in [1.165, 1.54) is 22.5 Å². The molecule has 10 heteroatoms. The van der Waals surface area contributed by atoms with Crippen LogP contribution in [0, 0.1) is 12.7 Å². The van der Waals surface area contributed by atoms with Crippen LogP contribution in [0.5, 0.6) is 0 Å². The largest absolute Gasteiger partial charge is 0.443 e. The summed E-state index contributed by atoms with van der Waals surface area (Å²) in [5.74, 6) is 0.221. The van der Waals surface area contributed by atoms with E-state index in [9.17, 15) is 12.8 Å². The molecule has 0 spiro atoms. The molecule has 4 rings (SSSR count). The maximum Gasteiger partial charge on any atom is 0.277 e. The maximum absolute atomic E-state index is 13.5. The summed E-state index contributed by atoms with van der Waals surface area (Å²) in [5, 5.41) is 3.54. The summed E-state index contributed by atoms with van der Waals surface area (Å²) in [6.07, 6.45) is 3.42. The Kier molecular flexibility index (Phi) is 5.31. The lowest BCUT2D eigenvalue weighted by atomic mass is 10.2. The predicted octanol–water partition coefficient (Wildman–Crippen LogP) is 2.37. The monoisotopic (exact) mass is 414 g/mol. The minimum atomic E-state index is -3.91. The second-order valence-electron chi connectivity index (χ2n) is 6.39. The molecule has 7 nitrogen and oxygen atoms in total. The third-order valence-electron chi connectivity index (χ3n) is 4.75. The zero-order valence-corrected chi connectivity index (χ0v) is 16.5. The average Bonchev–Trinajstić information content (AvgIpc) is 3.19. The molecule has 3 heterocycles. The first-order chi connectivity index (χ1) is 12.4. The highest BCUT2D eigenvalue weighted by Gasteiger charge is 2.39. The van der Waals surface area contributed by atoms with Crippen LogP contribution in [0.4, 0.5) is 4.39 Å². The van der Waals surface area contributed by atoms with Crippen molar-refractivity contribution in [3.63, 3.8) is 0 Å². The fraction of sp³-hybridized carbons (Fsp3) is 0.353. The molecule has 27 heavy (non-hydrogen) atoms. The van der Waals surface area contributed by atoms with Gasteiger partial charge in [0.15, 0.2) is 0 Å². The zero-order chi connectivity index (χ0) is 18.5. The van der Waals surface area contributed by atoms with Gasteiger partial charge in [0.2, 0.25) is 5.09 Å². The molecule has 1 saturated heterocycles. The molecular weight excluding hydrogens is 395 g/mol. The van der Waals surface area contributed by atoms with Gasteiger partial charge < -0.3 is 14.3 Å². The predicted molar refractivity (Wildman–Crippen MR) is 101 cm³/mol. The molecule has 1 aliphatic rings. The number of nitrogens with zero attached hydrogens (tertiary/aromatic N) is 3. The molecule has 1 fully saturated rings. The van der Waals surface area contributed by atoms with Gasteiger partial charge in [-0.1, -0.05) is 0 Å². The van der Waals surface area contributed by atoms with E-state index in [2.05, 4.69) is 10.3 Å². The van der Waals surface area contributed by atoms with Crippen molar-refractivity contribution in [2.45, 2.75) is 18.1 Å². The van der Waals surface area contributed by atoms with Crippen molar-refractivity contribution in [2.24, 2.45) is 7.05 Å². The topological polar surface area (TPSA) is 80.4 Å². The Bertz CT molecular complexity index is 1080. The van der Waals surface area contributed by atoms with Gasteiger partial charge >= 0.3 is 0 Å². The van der Waals surface area contributed by atoms with Crippen LogP contribution in [0.15, 0.2) is 40.1 Å². The van der Waals surface area contributed by atoms with Crippen molar-refractivity contribution in [3.8, 4) is 0 Å². The maximum atomic E-state index is 13.5. The smallest absolute Gasteiger partial charge is 0.277 e. The third kappa shape index (κ3) is 3.25. The van der Waals surface area contributed by atoms with Crippen LogP contribution < -0.4 is 5.32 Å². The number of benzene rings is 1. The number of aryl methyl sites for hydroxylation is 2. The van der Waals surface area contributed by atoms with Crippen molar-refractivity contribution in [1.29, 1.82) is 0 Å². The van der Waals surface area contributed by atoms with Gasteiger partial charge in [0.1, 0.15) is 17.2 Å². The second-order valence-corrected chi connectivity index (χ2v) is 8.18. The average molecular weight is 415 g/mol. The molecule has 1 atom stereocenters. The molecule has 0 bridgehead atoms. The number of piperazine rings is 1. The van der Waals surface area contributed by atoms with Crippen LogP contribution in [0.2, 0.25) is 0 Å². The Labute approximate surface area is 162 Å². The molecule has 2 aromatic heterocycles. The van der Waals surface area contributed by atoms with Crippen LogP contribution in [0.25, 0.3) is 11.0 Å². The molecule has 0 saturated carbocycles. The normalized spacial score (nSPS) is 18.6. The molecule has 0 aliphatic carbocycles. The molecule has 1 aliphatic heterocycles. The summed E-state index contributed by atoms with van der Waals surface area (Å²) in [5.41, 5.74) is 0.766. The number of aromatic nitrogens is 2. The summed E-state index contributed by atoms with van der Waals surface area (Å²) in [7, 11) is -2.08. The molecule has 146 valence electrons. The number of hydrogen-bond donors (Lipinski definition) is 1. The standard InChI is InChI=1S/C17H19FN4O3S.ClH/c1-11-13-9-12(18)3-4-15(13)25-17(11)26(23,24)22-8-5-19-10-14(22)16-20-6-7-21(16)2;/h3-4,6-7,9,14,19H,5,8,10H2,1-2H3;1H. The van der Waals surface area contributed by atoms with Gasteiger partial charge in [-0.15, -0.1) is 12.4 Å². The second kappa shape index (κ2) is 7.23. The van der Waals surface area contributed by atoms with E-state index in [0.717, 1.165) is 0 Å². The van der Waals surface area contributed by atoms with E-state index in [4.69, 9.17) is 4.42 Å². The number of nitrogens with one attached hydrogen (secondary N) is 1. The van der Waals surface area contributed by atoms with Gasteiger partial charge in [-0.2, -0.15) is 4.31 Å². The minimum absolute atomic E-state index is 0. The number of hydrogen-bond acceptors (Lipinski definition) is 5. The molecule has 3 aromatic rings. The Hall–Kier alpha value is -1.94. The summed E-state index contributed by atoms with van der Waals surface area (Å²) >= 11 is 0. The van der Waals surface area contributed by atoms with Crippen LogP contribution in [0.1, 0.15) is 17.4 Å². The number of rotatable bonds is 3. The van der Waals surface area contributed by atoms with Crippen LogP contribution in [0.3, 0.4) is 0 Å². The fourth-order valence-corrected chi connectivity index (χ4v) is 5.16. The molecule has 1 unspecified atom stereocenters. The number of furan rings is 1. The van der Waals surface area contributed by atoms with Crippen LogP contribution in [-0.4, -0.2) is 41.9 Å². The van der Waals surface area contributed by atoms with E-state index in [0.29, 0.717) is 42.0 Å². The quantitative estimate of drug-likeness (QED) is 0.711. The van der Waals surface area contributed by atoms with Crippen molar-refractivity contribution in [1.82, 2.24) is 19.2 Å². The van der Waals surface area contributed by atoms with Gasteiger partial charge in [0, 0.05) is 50.0 Å². The van der Waals surface area contributed by atoms with Crippen molar-refractivity contribution in [2.75, 3.05) is 19.6 Å². The summed E-state index contributed by atoms with van der Waals surface area (Å²) < 4.78 is 49.1. The zero-order valence-electron chi connectivity index (χ0n) is 14.8. The van der Waals surface area contributed by atoms with Gasteiger partial charge in [-0.05, 0) is 25.1 Å². The van der Waals surface area contributed by atoms with Crippen molar-refractivity contribution in [3.05, 3.63) is 47.8 Å². The van der Waals surface area contributed by atoms with Crippen LogP contribution in [-0.2, 0) is 17.1 Å². The van der Waals surface area contributed by atoms with E-state index < -0.39 is 21.9 Å². The minimum Gasteiger partial charge on any atom is -0.443 e. The van der Waals surface area contributed by atoms with Gasteiger partial charge in [0.25, 0.3) is 10.0 Å². The first-order valence-corrected chi connectivity index (χ1v) is 9.72. The SMILES string of the molecule is Cc1c(S(=O)(=O)N2CCNCC2c2nccn2C)oc2ccc(F)cc12.Cl. The summed E-state index contributed by atoms with van der Waals surface area (Å²) in [6.45, 7) is 2.92. The van der Waals surface area contributed by atoms with E-state index in [1.807, 2.05) is 7.05 Å². The Morgan fingerprint density at radius 1 is 1.37 bits per heavy atom. The van der Waals surface area contributed by atoms with E-state index >= 15 is 0 Å². The summed E-state index contributed by atoms with van der Waals surface area (Å²) in [4.78, 5) is 4.31. The van der Waals surface area contributed by atoms with Gasteiger partial charge in [-0.25, -0.2) is 17.8 Å². The lowest BCUT2D eigenvalue weighted by Gasteiger charge is -2.34.